The fourth-order valence-electron chi connectivity index (χ4n) is 10.6. The van der Waals surface area contributed by atoms with Gasteiger partial charge in [-0.25, -0.2) is 16.8 Å². The zero-order valence-electron chi connectivity index (χ0n) is 49.4. The number of aryl methyl sites for hydroxylation is 2. The summed E-state index contributed by atoms with van der Waals surface area (Å²) in [7, 11) is -8.69. The van der Waals surface area contributed by atoms with E-state index in [1.807, 2.05) is 12.1 Å². The second-order valence-corrected chi connectivity index (χ2v) is 25.4. The molecule has 6 nitrogen and oxygen atoms in total. The van der Waals surface area contributed by atoms with Crippen molar-refractivity contribution in [3.05, 3.63) is 59.7 Å². The van der Waals surface area contributed by atoms with E-state index in [0.29, 0.717) is 0 Å². The van der Waals surface area contributed by atoms with Gasteiger partial charge in [-0.1, -0.05) is 346 Å². The van der Waals surface area contributed by atoms with E-state index < -0.39 is 20.2 Å². The van der Waals surface area contributed by atoms with Crippen molar-refractivity contribution in [2.75, 3.05) is 0 Å². The average molecular weight is 1110 g/mol. The molecular formula is C66H118CaO6S2. The molecule has 0 aromatic heterocycles. The first-order valence-corrected chi connectivity index (χ1v) is 35.0. The molecule has 2 aromatic rings. The molecule has 0 spiro atoms. The monoisotopic (exact) mass is 1110 g/mol. The smallest absolute Gasteiger partial charge is 0.744 e. The Bertz CT molecular complexity index is 1590. The van der Waals surface area contributed by atoms with Gasteiger partial charge in [0.25, 0.3) is 0 Å². The van der Waals surface area contributed by atoms with Gasteiger partial charge in [0.1, 0.15) is 20.2 Å². The van der Waals surface area contributed by atoms with E-state index >= 15 is 0 Å². The zero-order chi connectivity index (χ0) is 53.7. The van der Waals surface area contributed by atoms with Gasteiger partial charge in [0.15, 0.2) is 0 Å². The van der Waals surface area contributed by atoms with Crippen molar-refractivity contribution in [3.63, 3.8) is 0 Å². The molecule has 0 fully saturated rings. The third-order valence-electron chi connectivity index (χ3n) is 15.5. The van der Waals surface area contributed by atoms with Crippen LogP contribution in [0.4, 0.5) is 0 Å². The van der Waals surface area contributed by atoms with Gasteiger partial charge in [0, 0.05) is 0 Å². The Kier molecular flexibility index (Phi) is 55.1. The first-order chi connectivity index (χ1) is 36.1. The molecular weight excluding hydrogens is 993 g/mol. The molecule has 0 aliphatic carbocycles. The molecule has 2 rings (SSSR count). The van der Waals surface area contributed by atoms with Crippen LogP contribution in [0.25, 0.3) is 0 Å². The van der Waals surface area contributed by atoms with Crippen LogP contribution in [-0.4, -0.2) is 63.7 Å². The van der Waals surface area contributed by atoms with E-state index in [2.05, 4.69) is 13.8 Å². The van der Waals surface area contributed by atoms with Gasteiger partial charge >= 0.3 is 37.7 Å². The molecule has 0 saturated carbocycles. The topological polar surface area (TPSA) is 114 Å². The van der Waals surface area contributed by atoms with Crippen molar-refractivity contribution in [2.24, 2.45) is 0 Å². The summed E-state index contributed by atoms with van der Waals surface area (Å²) in [5.41, 5.74) is 1.90. The molecule has 75 heavy (non-hydrogen) atoms. The minimum absolute atomic E-state index is 0. The van der Waals surface area contributed by atoms with Gasteiger partial charge in [0.05, 0.1) is 9.79 Å². The Morgan fingerprint density at radius 2 is 0.427 bits per heavy atom. The Balaban J connectivity index is 0.00000144. The zero-order valence-corrected chi connectivity index (χ0v) is 53.2. The molecule has 0 atom stereocenters. The van der Waals surface area contributed by atoms with Crippen LogP contribution in [0.2, 0.25) is 0 Å². The Labute approximate surface area is 497 Å². The molecule has 0 aliphatic heterocycles. The van der Waals surface area contributed by atoms with Gasteiger partial charge in [-0.2, -0.15) is 0 Å². The van der Waals surface area contributed by atoms with Crippen LogP contribution in [0, 0.1) is 0 Å². The molecule has 0 N–H and O–H groups in total. The van der Waals surface area contributed by atoms with Crippen LogP contribution >= 0.6 is 0 Å². The summed E-state index contributed by atoms with van der Waals surface area (Å²) in [5, 5.41) is 0. The van der Waals surface area contributed by atoms with E-state index in [0.717, 1.165) is 36.8 Å². The fourth-order valence-corrected chi connectivity index (χ4v) is 11.7. The molecule has 0 saturated heterocycles. The van der Waals surface area contributed by atoms with Crippen LogP contribution in [-0.2, 0) is 33.1 Å². The van der Waals surface area contributed by atoms with Crippen LogP contribution in [0.1, 0.15) is 346 Å². The van der Waals surface area contributed by atoms with Crippen molar-refractivity contribution >= 4 is 58.0 Å². The predicted octanol–water partition coefficient (Wildman–Crippen LogP) is 21.4. The third kappa shape index (κ3) is 51.4. The molecule has 0 heterocycles. The van der Waals surface area contributed by atoms with Gasteiger partial charge in [0.2, 0.25) is 0 Å². The van der Waals surface area contributed by atoms with E-state index in [1.54, 1.807) is 12.1 Å². The largest absolute Gasteiger partial charge is 2.00 e. The SMILES string of the molecule is CCCCCCCCCCCCCCCCCCCCCCCCCCCc1cccc(S(=O)(=O)[O-])c1.CCCCCCCCCCCCCCCCCCCCCCCCCCCc1cccc(S(=O)(=O)[O-])c1.[Ca+2]. The molecule has 9 heteroatoms. The number of unbranched alkanes of at least 4 members (excludes halogenated alkanes) is 48. The van der Waals surface area contributed by atoms with E-state index in [9.17, 15) is 25.9 Å². The van der Waals surface area contributed by atoms with Gasteiger partial charge in [-0.05, 0) is 61.1 Å². The Morgan fingerprint density at radius 1 is 0.267 bits per heavy atom. The second-order valence-electron chi connectivity index (χ2n) is 22.7. The maximum absolute atomic E-state index is 11.1. The van der Waals surface area contributed by atoms with Crippen molar-refractivity contribution in [1.29, 1.82) is 0 Å². The maximum atomic E-state index is 11.1. The van der Waals surface area contributed by atoms with Crippen LogP contribution < -0.4 is 0 Å². The summed E-state index contributed by atoms with van der Waals surface area (Å²) in [4.78, 5) is -0.214. The summed E-state index contributed by atoms with van der Waals surface area (Å²) in [6, 6.07) is 13.0. The standard InChI is InChI=1S/2C33H60O3S.Ca/c2*1-2-3-4-5-6-7-8-9-10-11-12-13-14-15-16-17-18-19-20-21-22-23-24-25-26-28-32-29-27-30-33(31-32)37(34,35)36;/h2*27,29-31H,2-26,28H2,1H3,(H,34,35,36);/q;;+2/p-2. The number of rotatable bonds is 54. The number of hydrogen-bond acceptors (Lipinski definition) is 6. The first kappa shape index (κ1) is 74.5. The van der Waals surface area contributed by atoms with E-state index in [1.165, 1.54) is 332 Å². The van der Waals surface area contributed by atoms with Crippen LogP contribution in [0.5, 0.6) is 0 Å². The summed E-state index contributed by atoms with van der Waals surface area (Å²) in [6.45, 7) is 4.58. The third-order valence-corrected chi connectivity index (χ3v) is 17.2. The maximum Gasteiger partial charge on any atom is 2.00 e. The molecule has 0 aliphatic rings. The minimum Gasteiger partial charge on any atom is -0.744 e. The van der Waals surface area contributed by atoms with Crippen molar-refractivity contribution in [3.8, 4) is 0 Å². The summed E-state index contributed by atoms with van der Waals surface area (Å²) >= 11 is 0. The fraction of sp³-hybridized carbons (Fsp3) is 0.818. The second kappa shape index (κ2) is 55.4. The normalized spacial score (nSPS) is 11.7. The van der Waals surface area contributed by atoms with Crippen molar-refractivity contribution in [1.82, 2.24) is 0 Å². The van der Waals surface area contributed by atoms with Crippen molar-refractivity contribution in [2.45, 2.75) is 358 Å². The van der Waals surface area contributed by atoms with Gasteiger partial charge < -0.3 is 9.11 Å². The average Bonchev–Trinajstić information content (AvgIpc) is 3.38. The minimum atomic E-state index is -4.34. The van der Waals surface area contributed by atoms with Crippen LogP contribution in [0.15, 0.2) is 58.3 Å². The Hall–Kier alpha value is -0.480. The van der Waals surface area contributed by atoms with Crippen molar-refractivity contribution < 1.29 is 25.9 Å². The molecule has 0 radical (unpaired) electrons. The van der Waals surface area contributed by atoms with Gasteiger partial charge in [-0.15, -0.1) is 0 Å². The number of hydrogen-bond donors (Lipinski definition) is 0. The van der Waals surface area contributed by atoms with E-state index in [4.69, 9.17) is 0 Å². The molecule has 2 aromatic carbocycles. The molecule has 432 valence electrons. The summed E-state index contributed by atoms with van der Waals surface area (Å²) < 4.78 is 66.7. The summed E-state index contributed by atoms with van der Waals surface area (Å²) in [5.74, 6) is 0. The van der Waals surface area contributed by atoms with E-state index in [-0.39, 0.29) is 47.5 Å². The predicted molar refractivity (Wildman–Crippen MR) is 324 cm³/mol. The quantitative estimate of drug-likeness (QED) is 0.0370. The molecule has 0 amide bonds. The van der Waals surface area contributed by atoms with Gasteiger partial charge in [-0.3, -0.25) is 0 Å². The molecule has 0 bridgehead atoms. The summed E-state index contributed by atoms with van der Waals surface area (Å²) in [6.07, 6.45) is 71.2. The molecule has 0 unspecified atom stereocenters. The first-order valence-electron chi connectivity index (χ1n) is 32.2. The number of benzene rings is 2. The van der Waals surface area contributed by atoms with Crippen LogP contribution in [0.3, 0.4) is 0 Å². The Morgan fingerprint density at radius 3 is 0.587 bits per heavy atom.